The maximum Gasteiger partial charge on any atom is 0.127 e. The first-order chi connectivity index (χ1) is 9.58. The van der Waals surface area contributed by atoms with Gasteiger partial charge in [0.2, 0.25) is 0 Å². The van der Waals surface area contributed by atoms with E-state index in [1.54, 1.807) is 0 Å². The molecule has 0 bridgehead atoms. The monoisotopic (exact) mass is 331 g/mol. The lowest BCUT2D eigenvalue weighted by Crippen LogP contribution is -2.16. The maximum atomic E-state index is 6.56. The minimum Gasteiger partial charge on any atom is -0.493 e. The molecule has 3 heteroatoms. The van der Waals surface area contributed by atoms with Crippen molar-refractivity contribution >= 4 is 15.9 Å². The SMILES string of the molecule is Cc1cccc(C)c1C(N)c1cc(Br)cc2c1OCC2. The second kappa shape index (κ2) is 5.23. The number of hydrogen-bond acceptors (Lipinski definition) is 2. The van der Waals surface area contributed by atoms with Gasteiger partial charge in [-0.3, -0.25) is 0 Å². The van der Waals surface area contributed by atoms with Crippen molar-refractivity contribution in [3.05, 3.63) is 62.6 Å². The summed E-state index contributed by atoms with van der Waals surface area (Å²) in [6.07, 6.45) is 0.960. The number of aryl methyl sites for hydroxylation is 2. The third kappa shape index (κ3) is 2.25. The van der Waals surface area contributed by atoms with Crippen LogP contribution < -0.4 is 10.5 Å². The first-order valence-electron chi connectivity index (χ1n) is 6.84. The van der Waals surface area contributed by atoms with Gasteiger partial charge in [0.05, 0.1) is 12.6 Å². The van der Waals surface area contributed by atoms with Gasteiger partial charge in [0.15, 0.2) is 0 Å². The molecule has 0 aromatic heterocycles. The quantitative estimate of drug-likeness (QED) is 0.900. The van der Waals surface area contributed by atoms with Gasteiger partial charge in [0.1, 0.15) is 5.75 Å². The van der Waals surface area contributed by atoms with E-state index in [9.17, 15) is 0 Å². The van der Waals surface area contributed by atoms with Crippen molar-refractivity contribution in [1.29, 1.82) is 0 Å². The van der Waals surface area contributed by atoms with Crippen LogP contribution in [0.5, 0.6) is 5.75 Å². The Hall–Kier alpha value is -1.32. The highest BCUT2D eigenvalue weighted by atomic mass is 79.9. The van der Waals surface area contributed by atoms with Crippen LogP contribution in [0.1, 0.15) is 33.9 Å². The molecular formula is C17H18BrNO. The van der Waals surface area contributed by atoms with Crippen LogP contribution in [0.2, 0.25) is 0 Å². The molecule has 1 unspecified atom stereocenters. The van der Waals surface area contributed by atoms with Gasteiger partial charge in [-0.15, -0.1) is 0 Å². The van der Waals surface area contributed by atoms with Crippen LogP contribution in [0.3, 0.4) is 0 Å². The van der Waals surface area contributed by atoms with E-state index in [1.807, 2.05) is 0 Å². The largest absolute Gasteiger partial charge is 0.493 e. The van der Waals surface area contributed by atoms with E-state index in [2.05, 4.69) is 60.1 Å². The summed E-state index contributed by atoms with van der Waals surface area (Å²) < 4.78 is 6.87. The lowest BCUT2D eigenvalue weighted by molar-refractivity contribution is 0.352. The molecule has 2 aromatic carbocycles. The zero-order valence-electron chi connectivity index (χ0n) is 11.7. The number of fused-ring (bicyclic) bond motifs is 1. The normalized spacial score (nSPS) is 14.8. The third-order valence-corrected chi connectivity index (χ3v) is 4.42. The highest BCUT2D eigenvalue weighted by Gasteiger charge is 2.23. The van der Waals surface area contributed by atoms with Crippen LogP contribution in [0, 0.1) is 13.8 Å². The molecule has 3 rings (SSSR count). The van der Waals surface area contributed by atoms with Crippen LogP contribution in [-0.2, 0) is 6.42 Å². The Morgan fingerprint density at radius 1 is 1.20 bits per heavy atom. The number of rotatable bonds is 2. The minimum absolute atomic E-state index is 0.152. The van der Waals surface area contributed by atoms with Crippen LogP contribution >= 0.6 is 15.9 Å². The highest BCUT2D eigenvalue weighted by molar-refractivity contribution is 9.10. The fourth-order valence-corrected chi connectivity index (χ4v) is 3.53. The van der Waals surface area contributed by atoms with Crippen molar-refractivity contribution in [3.63, 3.8) is 0 Å². The van der Waals surface area contributed by atoms with Crippen LogP contribution in [0.15, 0.2) is 34.8 Å². The summed E-state index contributed by atoms with van der Waals surface area (Å²) >= 11 is 3.58. The van der Waals surface area contributed by atoms with E-state index in [4.69, 9.17) is 10.5 Å². The molecule has 2 nitrogen and oxygen atoms in total. The Balaban J connectivity index is 2.14. The van der Waals surface area contributed by atoms with E-state index >= 15 is 0 Å². The molecule has 2 N–H and O–H groups in total. The predicted molar refractivity (Wildman–Crippen MR) is 85.3 cm³/mol. The van der Waals surface area contributed by atoms with Gasteiger partial charge in [0.25, 0.3) is 0 Å². The Morgan fingerprint density at radius 3 is 2.60 bits per heavy atom. The third-order valence-electron chi connectivity index (χ3n) is 3.97. The molecule has 0 saturated carbocycles. The van der Waals surface area contributed by atoms with Gasteiger partial charge in [-0.2, -0.15) is 0 Å². The molecule has 0 spiro atoms. The molecule has 1 atom stereocenters. The van der Waals surface area contributed by atoms with Gasteiger partial charge in [0, 0.05) is 16.5 Å². The summed E-state index contributed by atoms with van der Waals surface area (Å²) in [5.74, 6) is 0.975. The first-order valence-corrected chi connectivity index (χ1v) is 7.64. The van der Waals surface area contributed by atoms with Gasteiger partial charge >= 0.3 is 0 Å². The number of halogens is 1. The van der Waals surface area contributed by atoms with E-state index < -0.39 is 0 Å². The van der Waals surface area contributed by atoms with Gasteiger partial charge in [-0.1, -0.05) is 34.1 Å². The van der Waals surface area contributed by atoms with Crippen molar-refractivity contribution in [2.24, 2.45) is 5.73 Å². The molecule has 0 amide bonds. The standard InChI is InChI=1S/C17H18BrNO/c1-10-4-3-5-11(2)15(10)16(19)14-9-13(18)8-12-6-7-20-17(12)14/h3-5,8-9,16H,6-7,19H2,1-2H3. The topological polar surface area (TPSA) is 35.2 Å². The lowest BCUT2D eigenvalue weighted by atomic mass is 9.90. The highest BCUT2D eigenvalue weighted by Crippen LogP contribution is 2.39. The Morgan fingerprint density at radius 2 is 1.90 bits per heavy atom. The average molecular weight is 332 g/mol. The minimum atomic E-state index is -0.152. The van der Waals surface area contributed by atoms with Crippen molar-refractivity contribution in [2.45, 2.75) is 26.3 Å². The van der Waals surface area contributed by atoms with Crippen molar-refractivity contribution in [2.75, 3.05) is 6.61 Å². The van der Waals surface area contributed by atoms with Gasteiger partial charge in [-0.05, 0) is 48.2 Å². The van der Waals surface area contributed by atoms with E-state index in [0.717, 1.165) is 28.8 Å². The summed E-state index contributed by atoms with van der Waals surface area (Å²) in [7, 11) is 0. The molecule has 0 aliphatic carbocycles. The molecule has 1 aliphatic rings. The average Bonchev–Trinajstić information content (AvgIpc) is 2.85. The summed E-state index contributed by atoms with van der Waals surface area (Å²) in [5.41, 5.74) is 12.5. The fourth-order valence-electron chi connectivity index (χ4n) is 3.00. The zero-order chi connectivity index (χ0) is 14.3. The number of nitrogens with two attached hydrogens (primary N) is 1. The van der Waals surface area contributed by atoms with Crippen LogP contribution in [0.4, 0.5) is 0 Å². The Bertz CT molecular complexity index is 646. The molecule has 20 heavy (non-hydrogen) atoms. The zero-order valence-corrected chi connectivity index (χ0v) is 13.3. The van der Waals surface area contributed by atoms with E-state index in [0.29, 0.717) is 0 Å². The molecule has 2 aromatic rings. The van der Waals surface area contributed by atoms with Crippen molar-refractivity contribution < 1.29 is 4.74 Å². The van der Waals surface area contributed by atoms with E-state index in [1.165, 1.54) is 22.3 Å². The maximum absolute atomic E-state index is 6.56. The van der Waals surface area contributed by atoms with Crippen LogP contribution in [-0.4, -0.2) is 6.61 Å². The van der Waals surface area contributed by atoms with Crippen molar-refractivity contribution in [1.82, 2.24) is 0 Å². The second-order valence-electron chi connectivity index (χ2n) is 5.36. The molecule has 1 heterocycles. The fraction of sp³-hybridized carbons (Fsp3) is 0.294. The van der Waals surface area contributed by atoms with Crippen LogP contribution in [0.25, 0.3) is 0 Å². The number of hydrogen-bond donors (Lipinski definition) is 1. The Labute approximate surface area is 128 Å². The molecule has 0 fully saturated rings. The van der Waals surface area contributed by atoms with E-state index in [-0.39, 0.29) is 6.04 Å². The molecule has 104 valence electrons. The van der Waals surface area contributed by atoms with Gasteiger partial charge in [-0.25, -0.2) is 0 Å². The lowest BCUT2D eigenvalue weighted by Gasteiger charge is -2.20. The van der Waals surface area contributed by atoms with Crippen molar-refractivity contribution in [3.8, 4) is 5.75 Å². The summed E-state index contributed by atoms with van der Waals surface area (Å²) in [5, 5.41) is 0. The summed E-state index contributed by atoms with van der Waals surface area (Å²) in [6, 6.07) is 10.4. The smallest absolute Gasteiger partial charge is 0.127 e. The molecule has 0 saturated heterocycles. The van der Waals surface area contributed by atoms with Gasteiger partial charge < -0.3 is 10.5 Å². The molecule has 0 radical (unpaired) electrons. The number of ether oxygens (including phenoxy) is 1. The summed E-state index contributed by atoms with van der Waals surface area (Å²) in [6.45, 7) is 4.97. The molecular weight excluding hydrogens is 314 g/mol. The first kappa shape index (κ1) is 13.7. The molecule has 1 aliphatic heterocycles. The summed E-state index contributed by atoms with van der Waals surface area (Å²) in [4.78, 5) is 0. The Kier molecular flexibility index (Phi) is 3.57. The predicted octanol–water partition coefficient (Wildman–Crippen LogP) is 4.05. The second-order valence-corrected chi connectivity index (χ2v) is 6.28. The number of benzene rings is 2.